The first-order chi connectivity index (χ1) is 11.5. The summed E-state index contributed by atoms with van der Waals surface area (Å²) in [7, 11) is 0. The predicted octanol–water partition coefficient (Wildman–Crippen LogP) is 4.21. The number of nitrogen functional groups attached to an aromatic ring is 2. The van der Waals surface area contributed by atoms with Crippen LogP contribution in [0.4, 0.5) is 33.1 Å². The van der Waals surface area contributed by atoms with Crippen LogP contribution in [0.25, 0.3) is 0 Å². The summed E-state index contributed by atoms with van der Waals surface area (Å²) >= 11 is 5.95. The van der Waals surface area contributed by atoms with E-state index in [1.807, 2.05) is 25.1 Å². The van der Waals surface area contributed by atoms with Gasteiger partial charge in [0.05, 0.1) is 10.7 Å². The van der Waals surface area contributed by atoms with E-state index in [-0.39, 0.29) is 5.02 Å². The summed E-state index contributed by atoms with van der Waals surface area (Å²) in [5.74, 6) is 0.352. The summed E-state index contributed by atoms with van der Waals surface area (Å²) in [6.45, 7) is 1.94. The number of anilines is 5. The lowest BCUT2D eigenvalue weighted by molar-refractivity contribution is 0.628. The molecule has 0 saturated carbocycles. The molecule has 0 atom stereocenters. The third-order valence-electron chi connectivity index (χ3n) is 3.54. The summed E-state index contributed by atoms with van der Waals surface area (Å²) in [6, 6.07) is 11.6. The molecule has 0 saturated heterocycles. The van der Waals surface area contributed by atoms with Crippen LogP contribution >= 0.6 is 11.6 Å². The molecule has 7 heteroatoms. The second-order valence-corrected chi connectivity index (χ2v) is 5.69. The molecule has 122 valence electrons. The number of benzene rings is 2. The summed E-state index contributed by atoms with van der Waals surface area (Å²) in [5.41, 5.74) is 14.7. The van der Waals surface area contributed by atoms with Crippen LogP contribution in [0.1, 0.15) is 5.56 Å². The molecule has 3 rings (SSSR count). The second-order valence-electron chi connectivity index (χ2n) is 5.28. The van der Waals surface area contributed by atoms with Crippen molar-refractivity contribution in [2.24, 2.45) is 0 Å². The number of halogens is 2. The Bertz CT molecular complexity index is 900. The highest BCUT2D eigenvalue weighted by molar-refractivity contribution is 6.31. The van der Waals surface area contributed by atoms with Gasteiger partial charge in [0.15, 0.2) is 0 Å². The zero-order valence-corrected chi connectivity index (χ0v) is 13.6. The van der Waals surface area contributed by atoms with Crippen LogP contribution in [0.3, 0.4) is 0 Å². The fraction of sp³-hybridized carbons (Fsp3) is 0.0588. The zero-order chi connectivity index (χ0) is 17.3. The van der Waals surface area contributed by atoms with E-state index in [0.29, 0.717) is 23.0 Å². The molecule has 0 aliphatic heterocycles. The Kier molecular flexibility index (Phi) is 4.22. The normalized spacial score (nSPS) is 10.6. The van der Waals surface area contributed by atoms with Crippen molar-refractivity contribution in [3.05, 3.63) is 65.2 Å². The van der Waals surface area contributed by atoms with Gasteiger partial charge in [0.1, 0.15) is 23.8 Å². The van der Waals surface area contributed by atoms with Crippen LogP contribution in [-0.4, -0.2) is 9.97 Å². The first-order valence-corrected chi connectivity index (χ1v) is 7.52. The zero-order valence-electron chi connectivity index (χ0n) is 12.9. The number of nitrogens with two attached hydrogens (primary N) is 2. The van der Waals surface area contributed by atoms with Gasteiger partial charge in [0.2, 0.25) is 0 Å². The molecule has 3 aromatic rings. The van der Waals surface area contributed by atoms with Crippen molar-refractivity contribution >= 4 is 40.3 Å². The molecule has 0 bridgehead atoms. The maximum Gasteiger partial charge on any atom is 0.143 e. The van der Waals surface area contributed by atoms with E-state index >= 15 is 0 Å². The minimum absolute atomic E-state index is 0.0149. The van der Waals surface area contributed by atoms with Crippen LogP contribution < -0.4 is 16.4 Å². The van der Waals surface area contributed by atoms with Gasteiger partial charge in [0, 0.05) is 17.4 Å². The van der Waals surface area contributed by atoms with Crippen LogP contribution in [0.5, 0.6) is 0 Å². The van der Waals surface area contributed by atoms with Gasteiger partial charge in [-0.15, -0.1) is 0 Å². The topological polar surface area (TPSA) is 81.1 Å². The third kappa shape index (κ3) is 3.09. The molecule has 24 heavy (non-hydrogen) atoms. The van der Waals surface area contributed by atoms with Gasteiger partial charge in [-0.2, -0.15) is 0 Å². The average Bonchev–Trinajstić information content (AvgIpc) is 2.54. The maximum absolute atomic E-state index is 13.6. The smallest absolute Gasteiger partial charge is 0.143 e. The predicted molar refractivity (Wildman–Crippen MR) is 95.2 cm³/mol. The van der Waals surface area contributed by atoms with Crippen LogP contribution in [0.2, 0.25) is 5.02 Å². The number of hydrogen-bond donors (Lipinski definition) is 2. The molecule has 1 heterocycles. The summed E-state index contributed by atoms with van der Waals surface area (Å²) < 4.78 is 13.6. The largest absolute Gasteiger partial charge is 0.399 e. The van der Waals surface area contributed by atoms with Crippen molar-refractivity contribution < 1.29 is 4.39 Å². The SMILES string of the molecule is Cc1ccc(N)cc1N(c1ccc(F)c(Cl)c1)c1cc(N)ncn1. The molecule has 0 fully saturated rings. The summed E-state index contributed by atoms with van der Waals surface area (Å²) in [5, 5.41) is 0.0149. The van der Waals surface area contributed by atoms with Gasteiger partial charge in [-0.25, -0.2) is 14.4 Å². The van der Waals surface area contributed by atoms with E-state index in [1.54, 1.807) is 17.0 Å². The van der Waals surface area contributed by atoms with Crippen LogP contribution in [0, 0.1) is 12.7 Å². The Balaban J connectivity index is 2.24. The quantitative estimate of drug-likeness (QED) is 0.696. The highest BCUT2D eigenvalue weighted by atomic mass is 35.5. The van der Waals surface area contributed by atoms with Gasteiger partial charge < -0.3 is 11.5 Å². The standard InChI is InChI=1S/C17H15ClFN5/c1-10-2-3-11(20)6-15(10)24(17-8-16(21)22-9-23-17)12-4-5-14(19)13(18)7-12/h2-9H,20H2,1H3,(H2,21,22,23). The van der Waals surface area contributed by atoms with Crippen LogP contribution in [0.15, 0.2) is 48.8 Å². The molecule has 5 nitrogen and oxygen atoms in total. The molecular weight excluding hydrogens is 329 g/mol. The molecule has 0 spiro atoms. The number of aryl methyl sites for hydroxylation is 1. The lowest BCUT2D eigenvalue weighted by atomic mass is 10.1. The number of nitrogens with zero attached hydrogens (tertiary/aromatic N) is 3. The van der Waals surface area contributed by atoms with Crippen molar-refractivity contribution in [2.75, 3.05) is 16.4 Å². The van der Waals surface area contributed by atoms with Gasteiger partial charge in [0.25, 0.3) is 0 Å². The second kappa shape index (κ2) is 6.33. The Hall–Kier alpha value is -2.86. The van der Waals surface area contributed by atoms with E-state index in [2.05, 4.69) is 9.97 Å². The molecule has 2 aromatic carbocycles. The number of rotatable bonds is 3. The molecule has 0 unspecified atom stereocenters. The van der Waals surface area contributed by atoms with Crippen molar-refractivity contribution in [3.63, 3.8) is 0 Å². The van der Waals surface area contributed by atoms with E-state index in [1.165, 1.54) is 18.5 Å². The minimum Gasteiger partial charge on any atom is -0.399 e. The molecule has 0 aliphatic rings. The van der Waals surface area contributed by atoms with Crippen molar-refractivity contribution in [3.8, 4) is 0 Å². The van der Waals surface area contributed by atoms with Crippen molar-refractivity contribution in [1.82, 2.24) is 9.97 Å². The molecule has 4 N–H and O–H groups in total. The van der Waals surface area contributed by atoms with Gasteiger partial charge in [-0.3, -0.25) is 4.90 Å². The minimum atomic E-state index is -0.494. The maximum atomic E-state index is 13.6. The van der Waals surface area contributed by atoms with Crippen LogP contribution in [-0.2, 0) is 0 Å². The average molecular weight is 344 g/mol. The van der Waals surface area contributed by atoms with E-state index < -0.39 is 5.82 Å². The van der Waals surface area contributed by atoms with Crippen molar-refractivity contribution in [2.45, 2.75) is 6.92 Å². The molecule has 0 amide bonds. The third-order valence-corrected chi connectivity index (χ3v) is 3.83. The van der Waals surface area contributed by atoms with Gasteiger partial charge in [-0.1, -0.05) is 17.7 Å². The lowest BCUT2D eigenvalue weighted by Gasteiger charge is -2.26. The number of aromatic nitrogens is 2. The summed E-state index contributed by atoms with van der Waals surface area (Å²) in [6.07, 6.45) is 1.37. The van der Waals surface area contributed by atoms with Crippen molar-refractivity contribution in [1.29, 1.82) is 0 Å². The Labute approximate surface area is 143 Å². The highest BCUT2D eigenvalue weighted by Gasteiger charge is 2.18. The highest BCUT2D eigenvalue weighted by Crippen LogP contribution is 2.37. The molecular formula is C17H15ClFN5. The van der Waals surface area contributed by atoms with Gasteiger partial charge >= 0.3 is 0 Å². The van der Waals surface area contributed by atoms with E-state index in [9.17, 15) is 4.39 Å². The lowest BCUT2D eigenvalue weighted by Crippen LogP contribution is -2.14. The van der Waals surface area contributed by atoms with E-state index in [0.717, 1.165) is 11.3 Å². The first kappa shape index (κ1) is 16.0. The Morgan fingerprint density at radius 3 is 2.54 bits per heavy atom. The van der Waals surface area contributed by atoms with Gasteiger partial charge in [-0.05, 0) is 42.8 Å². The number of hydrogen-bond acceptors (Lipinski definition) is 5. The molecule has 0 aliphatic carbocycles. The first-order valence-electron chi connectivity index (χ1n) is 7.14. The van der Waals surface area contributed by atoms with E-state index in [4.69, 9.17) is 23.1 Å². The monoisotopic (exact) mass is 343 g/mol. The summed E-state index contributed by atoms with van der Waals surface area (Å²) in [4.78, 5) is 9.98. The fourth-order valence-corrected chi connectivity index (χ4v) is 2.54. The molecule has 0 radical (unpaired) electrons. The fourth-order valence-electron chi connectivity index (χ4n) is 2.37. The molecule has 1 aromatic heterocycles. The Morgan fingerprint density at radius 2 is 1.83 bits per heavy atom. The Morgan fingerprint density at radius 1 is 1.04 bits per heavy atom.